The number of carbonyl (C=O) groups excluding carboxylic acids is 1. The molecule has 2 atom stereocenters. The Balaban J connectivity index is 1.89. The van der Waals surface area contributed by atoms with Crippen molar-refractivity contribution in [2.75, 3.05) is 20.6 Å². The number of nitrogens with one attached hydrogen (secondary N) is 1. The SMILES string of the molecule is Cc1cc(F)cc2c1-c1cc(c(F)c(C(F)(F)F)c1)[C@H](CC(=O)O)NC(=O)[C@@H](n1cc(CCCN(C)C)c(C)nc1=O)CCCCCCC2. The van der Waals surface area contributed by atoms with Gasteiger partial charge in [-0.3, -0.25) is 14.2 Å². The molecular weight excluding hydrogens is 647 g/mol. The van der Waals surface area contributed by atoms with Crippen LogP contribution in [0.3, 0.4) is 0 Å². The molecule has 1 aliphatic rings. The first-order chi connectivity index (χ1) is 23.1. The van der Waals surface area contributed by atoms with E-state index < -0.39 is 65.0 Å². The third-order valence-corrected chi connectivity index (χ3v) is 9.00. The number of hydrogen-bond acceptors (Lipinski definition) is 5. The molecule has 2 N–H and O–H groups in total. The van der Waals surface area contributed by atoms with Gasteiger partial charge >= 0.3 is 17.8 Å². The van der Waals surface area contributed by atoms with Crippen LogP contribution in [-0.2, 0) is 28.6 Å². The summed E-state index contributed by atoms with van der Waals surface area (Å²) >= 11 is 0. The topological polar surface area (TPSA) is 105 Å². The highest BCUT2D eigenvalue weighted by Crippen LogP contribution is 2.40. The molecule has 13 heteroatoms. The highest BCUT2D eigenvalue weighted by molar-refractivity contribution is 5.82. The second-order valence-electron chi connectivity index (χ2n) is 13.1. The van der Waals surface area contributed by atoms with E-state index in [0.717, 1.165) is 37.4 Å². The number of halogens is 5. The number of carboxylic acids is 1. The molecule has 0 radical (unpaired) electrons. The van der Waals surface area contributed by atoms with Gasteiger partial charge in [-0.25, -0.2) is 13.6 Å². The van der Waals surface area contributed by atoms with Gasteiger partial charge in [0.25, 0.3) is 0 Å². The summed E-state index contributed by atoms with van der Waals surface area (Å²) < 4.78 is 74.7. The molecule has 2 heterocycles. The van der Waals surface area contributed by atoms with Gasteiger partial charge in [0.05, 0.1) is 18.0 Å². The number of carbonyl (C=O) groups is 2. The molecule has 2 aromatic carbocycles. The van der Waals surface area contributed by atoms with E-state index in [2.05, 4.69) is 10.3 Å². The normalized spacial score (nSPS) is 17.9. The maximum absolute atomic E-state index is 15.9. The smallest absolute Gasteiger partial charge is 0.419 e. The number of aliphatic carboxylic acids is 1. The monoisotopic (exact) mass is 690 g/mol. The Morgan fingerprint density at radius 3 is 2.41 bits per heavy atom. The summed E-state index contributed by atoms with van der Waals surface area (Å²) in [7, 11) is 3.86. The lowest BCUT2D eigenvalue weighted by atomic mass is 9.87. The highest BCUT2D eigenvalue weighted by atomic mass is 19.4. The fourth-order valence-electron chi connectivity index (χ4n) is 6.58. The Hall–Kier alpha value is -4.13. The van der Waals surface area contributed by atoms with Crippen molar-refractivity contribution < 1.29 is 36.6 Å². The summed E-state index contributed by atoms with van der Waals surface area (Å²) in [6, 6.07) is 1.26. The number of aromatic nitrogens is 2. The van der Waals surface area contributed by atoms with Crippen LogP contribution < -0.4 is 11.0 Å². The summed E-state index contributed by atoms with van der Waals surface area (Å²) in [6.07, 6.45) is 0.499. The molecule has 4 rings (SSSR count). The molecule has 0 fully saturated rings. The number of hydrogen-bond donors (Lipinski definition) is 2. The first kappa shape index (κ1) is 37.7. The summed E-state index contributed by atoms with van der Waals surface area (Å²) in [4.78, 5) is 45.5. The average Bonchev–Trinajstić information content (AvgIpc) is 2.98. The van der Waals surface area contributed by atoms with Crippen LogP contribution in [0.2, 0.25) is 0 Å². The molecule has 1 amide bonds. The molecular formula is C36H43F5N4O4. The number of aryl methyl sites for hydroxylation is 4. The van der Waals surface area contributed by atoms with Gasteiger partial charge in [-0.2, -0.15) is 18.2 Å². The molecule has 2 bridgehead atoms. The number of fused-ring (bicyclic) bond motifs is 4. The molecule has 1 aliphatic heterocycles. The summed E-state index contributed by atoms with van der Waals surface area (Å²) in [5, 5.41) is 12.3. The second kappa shape index (κ2) is 16.1. The fourth-order valence-corrected chi connectivity index (χ4v) is 6.58. The van der Waals surface area contributed by atoms with Gasteiger partial charge in [0.1, 0.15) is 17.7 Å². The van der Waals surface area contributed by atoms with Gasteiger partial charge in [0.15, 0.2) is 0 Å². The Labute approximate surface area is 282 Å². The van der Waals surface area contributed by atoms with Crippen molar-refractivity contribution in [2.24, 2.45) is 0 Å². The van der Waals surface area contributed by atoms with Crippen LogP contribution in [0.4, 0.5) is 22.0 Å². The first-order valence-corrected chi connectivity index (χ1v) is 16.5. The molecule has 0 unspecified atom stereocenters. The van der Waals surface area contributed by atoms with Crippen molar-refractivity contribution in [1.82, 2.24) is 19.8 Å². The third-order valence-electron chi connectivity index (χ3n) is 9.00. The van der Waals surface area contributed by atoms with Crippen LogP contribution in [-0.4, -0.2) is 52.1 Å². The number of carboxylic acid groups (broad SMARTS) is 1. The lowest BCUT2D eigenvalue weighted by Crippen LogP contribution is -2.41. The quantitative estimate of drug-likeness (QED) is 0.257. The van der Waals surface area contributed by atoms with Crippen LogP contribution >= 0.6 is 0 Å². The molecule has 1 aromatic heterocycles. The number of amides is 1. The minimum atomic E-state index is -5.17. The van der Waals surface area contributed by atoms with E-state index >= 15 is 4.39 Å². The Morgan fingerprint density at radius 1 is 1.04 bits per heavy atom. The standard InChI is InChI=1S/C36H43F5N4O4/c1-21-15-26(37)16-23-11-8-6-5-7-9-13-30(45-20-24(12-10-14-44(3)4)22(2)42-35(45)49)34(48)43-29(19-31(46)47)27-17-25(32(21)23)18-28(33(27)38)36(39,40)41/h15-18,20,29-30H,5-14,19H2,1-4H3,(H,43,48)(H,46,47)/t29-,30-/m0/s1. The summed E-state index contributed by atoms with van der Waals surface area (Å²) in [5.74, 6) is -4.63. The molecule has 49 heavy (non-hydrogen) atoms. The van der Waals surface area contributed by atoms with Crippen LogP contribution in [0.5, 0.6) is 0 Å². The zero-order valence-corrected chi connectivity index (χ0v) is 28.2. The van der Waals surface area contributed by atoms with E-state index in [-0.39, 0.29) is 17.5 Å². The lowest BCUT2D eigenvalue weighted by Gasteiger charge is -2.26. The predicted octanol–water partition coefficient (Wildman–Crippen LogP) is 7.09. The second-order valence-corrected chi connectivity index (χ2v) is 13.1. The highest BCUT2D eigenvalue weighted by Gasteiger charge is 2.38. The van der Waals surface area contributed by atoms with Gasteiger partial charge in [-0.05, 0) is 119 Å². The maximum atomic E-state index is 15.9. The number of alkyl halides is 3. The van der Waals surface area contributed by atoms with Gasteiger partial charge < -0.3 is 15.3 Å². The van der Waals surface area contributed by atoms with Gasteiger partial charge in [0.2, 0.25) is 5.91 Å². The fraction of sp³-hybridized carbons (Fsp3) is 0.500. The molecule has 8 nitrogen and oxygen atoms in total. The zero-order chi connectivity index (χ0) is 36.0. The van der Waals surface area contributed by atoms with Crippen LogP contribution in [0.1, 0.15) is 97.0 Å². The molecule has 0 saturated heterocycles. The van der Waals surface area contributed by atoms with Gasteiger partial charge in [-0.15, -0.1) is 0 Å². The largest absolute Gasteiger partial charge is 0.481 e. The molecule has 3 aromatic rings. The summed E-state index contributed by atoms with van der Waals surface area (Å²) in [5.41, 5.74) is -0.796. The van der Waals surface area contributed by atoms with Crippen molar-refractivity contribution in [3.05, 3.63) is 86.1 Å². The first-order valence-electron chi connectivity index (χ1n) is 16.5. The molecule has 0 spiro atoms. The average molecular weight is 691 g/mol. The molecule has 0 aliphatic carbocycles. The zero-order valence-electron chi connectivity index (χ0n) is 28.2. The van der Waals surface area contributed by atoms with E-state index in [0.29, 0.717) is 55.0 Å². The van der Waals surface area contributed by atoms with Crippen molar-refractivity contribution >= 4 is 11.9 Å². The maximum Gasteiger partial charge on any atom is 0.419 e. The minimum absolute atomic E-state index is 0.0779. The van der Waals surface area contributed by atoms with Crippen LogP contribution in [0, 0.1) is 25.5 Å². The van der Waals surface area contributed by atoms with E-state index in [1.54, 1.807) is 20.0 Å². The minimum Gasteiger partial charge on any atom is -0.481 e. The van der Waals surface area contributed by atoms with Crippen molar-refractivity contribution in [3.8, 4) is 11.1 Å². The Kier molecular flexibility index (Phi) is 12.3. The molecule has 0 saturated carbocycles. The predicted molar refractivity (Wildman–Crippen MR) is 175 cm³/mol. The number of nitrogens with zero attached hydrogens (tertiary/aromatic N) is 3. The Bertz CT molecular complexity index is 1740. The van der Waals surface area contributed by atoms with E-state index in [9.17, 15) is 37.1 Å². The van der Waals surface area contributed by atoms with Crippen molar-refractivity contribution in [1.29, 1.82) is 0 Å². The summed E-state index contributed by atoms with van der Waals surface area (Å²) in [6.45, 7) is 4.00. The number of rotatable bonds is 7. The van der Waals surface area contributed by atoms with Gasteiger partial charge in [-0.1, -0.05) is 25.7 Å². The Morgan fingerprint density at radius 2 is 1.73 bits per heavy atom. The third kappa shape index (κ3) is 9.52. The number of benzene rings is 2. The van der Waals surface area contributed by atoms with Crippen molar-refractivity contribution in [2.45, 2.75) is 96.3 Å². The van der Waals surface area contributed by atoms with Crippen LogP contribution in [0.15, 0.2) is 35.3 Å². The van der Waals surface area contributed by atoms with E-state index in [1.807, 2.05) is 19.0 Å². The molecule has 266 valence electrons. The lowest BCUT2D eigenvalue weighted by molar-refractivity contribution is -0.140. The van der Waals surface area contributed by atoms with E-state index in [1.165, 1.54) is 16.7 Å². The van der Waals surface area contributed by atoms with Crippen molar-refractivity contribution in [3.63, 3.8) is 0 Å². The van der Waals surface area contributed by atoms with E-state index in [4.69, 9.17) is 0 Å². The van der Waals surface area contributed by atoms with Crippen LogP contribution in [0.25, 0.3) is 11.1 Å². The van der Waals surface area contributed by atoms with Gasteiger partial charge in [0, 0.05) is 17.5 Å².